The van der Waals surface area contributed by atoms with Crippen LogP contribution in [-0.2, 0) is 50.7 Å². The number of rotatable bonds is 20. The first-order valence-electron chi connectivity index (χ1n) is 15.3. The number of nitrogen functional groups attached to an aromatic ring is 1. The zero-order valence-corrected chi connectivity index (χ0v) is 31.8. The molecule has 1 aliphatic rings. The summed E-state index contributed by atoms with van der Waals surface area (Å²) >= 11 is -1.86. The van der Waals surface area contributed by atoms with E-state index in [1.54, 1.807) is 6.92 Å². The number of carbonyl (C=O) groups is 3. The van der Waals surface area contributed by atoms with Gasteiger partial charge in [0.25, 0.3) is 0 Å². The number of phosphoric acid groups is 3. The molecule has 2 amide bonds. The summed E-state index contributed by atoms with van der Waals surface area (Å²) in [5, 5.41) is 25.8. The number of carbonyl (C=O) groups excluding carboxylic acids is 3. The maximum atomic E-state index is 12.6. The number of nitrogens with two attached hydrogens (primary N) is 1. The van der Waals surface area contributed by atoms with E-state index in [4.69, 9.17) is 19.5 Å². The van der Waals surface area contributed by atoms with Gasteiger partial charge >= 0.3 is 23.5 Å². The molecule has 2 aromatic heterocycles. The Morgan fingerprint density at radius 1 is 1.08 bits per heavy atom. The molecule has 29 heteroatoms. The molecular formula is C24H42N7O18P3S. The number of aromatic nitrogens is 4. The van der Waals surface area contributed by atoms with Crippen molar-refractivity contribution in [3.63, 3.8) is 0 Å². The van der Waals surface area contributed by atoms with Crippen molar-refractivity contribution in [2.24, 2.45) is 5.41 Å². The number of hydrogen-bond donors (Lipinski definition) is 11. The molecule has 1 saturated heterocycles. The summed E-state index contributed by atoms with van der Waals surface area (Å²) in [6.45, 7) is 1.81. The molecule has 53 heavy (non-hydrogen) atoms. The normalized spacial score (nSPS) is 23.2. The Bertz CT molecular complexity index is 1760. The zero-order chi connectivity index (χ0) is 39.9. The van der Waals surface area contributed by atoms with Crippen molar-refractivity contribution in [3.8, 4) is 0 Å². The van der Waals surface area contributed by atoms with Crippen molar-refractivity contribution in [1.29, 1.82) is 0 Å². The molecule has 8 atom stereocenters. The monoisotopic (exact) mass is 841 g/mol. The maximum absolute atomic E-state index is 12.6. The van der Waals surface area contributed by atoms with E-state index in [-0.39, 0.29) is 53.8 Å². The van der Waals surface area contributed by atoms with Crippen LogP contribution in [0.25, 0.3) is 11.2 Å². The van der Waals surface area contributed by atoms with E-state index in [9.17, 15) is 62.4 Å². The molecule has 0 saturated carbocycles. The molecule has 25 nitrogen and oxygen atoms in total. The fourth-order valence-electron chi connectivity index (χ4n) is 4.55. The first kappa shape index (κ1) is 44.9. The lowest BCUT2D eigenvalue weighted by Crippen LogP contribution is -2.46. The van der Waals surface area contributed by atoms with Crippen LogP contribution in [0.15, 0.2) is 12.7 Å². The Labute approximate surface area is 303 Å². The first-order chi connectivity index (χ1) is 24.5. The summed E-state index contributed by atoms with van der Waals surface area (Å²) in [7, 11) is -16.4. The number of phosphoric ester groups is 3. The SMILES string of the molecule is CCC(=O)[SH](O)CCNC(=O)CCNC(=O)C(O)C(C)(C)COP(=O)(O)OP(=O)(O)OC[C@H]1O[C@@H](n2cnc3c(N)ncnc32)[C@H](O)[C@@H]1OP(=O)(O)O. The number of anilines is 1. The second-order valence-electron chi connectivity index (χ2n) is 11.9. The van der Waals surface area contributed by atoms with Gasteiger partial charge in [-0.15, -0.1) is 0 Å². The Morgan fingerprint density at radius 2 is 1.74 bits per heavy atom. The maximum Gasteiger partial charge on any atom is 0.481 e. The van der Waals surface area contributed by atoms with Crippen molar-refractivity contribution < 1.29 is 85.0 Å². The third-order valence-electron chi connectivity index (χ3n) is 7.31. The number of hydrogen-bond acceptors (Lipinski definition) is 18. The highest BCUT2D eigenvalue weighted by Crippen LogP contribution is 2.61. The van der Waals surface area contributed by atoms with Gasteiger partial charge in [0.15, 0.2) is 22.8 Å². The van der Waals surface area contributed by atoms with Gasteiger partial charge in [-0.2, -0.15) is 4.31 Å². The Balaban J connectivity index is 1.53. The third-order valence-corrected chi connectivity index (χ3v) is 12.0. The lowest BCUT2D eigenvalue weighted by molar-refractivity contribution is -0.137. The number of imidazole rings is 1. The van der Waals surface area contributed by atoms with Crippen LogP contribution >= 0.6 is 34.6 Å². The molecule has 0 spiro atoms. The molecule has 3 heterocycles. The van der Waals surface area contributed by atoms with E-state index < -0.39 is 95.7 Å². The summed E-state index contributed by atoms with van der Waals surface area (Å²) in [6, 6.07) is 0. The number of amides is 2. The molecule has 0 radical (unpaired) electrons. The van der Waals surface area contributed by atoms with Crippen LogP contribution in [0.3, 0.4) is 0 Å². The van der Waals surface area contributed by atoms with E-state index in [1.165, 1.54) is 13.8 Å². The summed E-state index contributed by atoms with van der Waals surface area (Å²) in [5.41, 5.74) is 4.22. The van der Waals surface area contributed by atoms with Crippen LogP contribution in [0, 0.1) is 5.41 Å². The van der Waals surface area contributed by atoms with Gasteiger partial charge in [0, 0.05) is 37.1 Å². The minimum atomic E-state index is -5.57. The van der Waals surface area contributed by atoms with E-state index in [0.29, 0.717) is 0 Å². The molecule has 0 aromatic carbocycles. The standard InChI is InChI=1S/C24H42N7O18P3S/c1-4-15(33)53(44)8-7-26-14(32)5-6-27-22(36)19(35)24(2,3)10-46-52(42,43)49-51(40,41)45-9-13-18(48-50(37,38)39)17(34)23(47-13)31-12-30-16-20(25)28-11-29-21(16)31/h11-13,17-19,23,34-35,44,53H,4-10H2,1-3H3,(H,26,32)(H,27,36)(H,40,41)(H,42,43)(H2,25,28,29)(H2,37,38,39)/t13-,17-,18-,19?,23-/m1/s1. The molecular weight excluding hydrogens is 799 g/mol. The summed E-state index contributed by atoms with van der Waals surface area (Å²) in [5.74, 6) is -1.51. The second-order valence-corrected chi connectivity index (χ2v) is 17.9. The number of fused-ring (bicyclic) bond motifs is 1. The minimum absolute atomic E-state index is 0.0252. The third kappa shape index (κ3) is 13.1. The number of aliphatic hydroxyl groups excluding tert-OH is 2. The Kier molecular flexibility index (Phi) is 15.6. The molecule has 0 bridgehead atoms. The highest BCUT2D eigenvalue weighted by molar-refractivity contribution is 8.25. The van der Waals surface area contributed by atoms with Crippen LogP contribution in [0.1, 0.15) is 39.8 Å². The van der Waals surface area contributed by atoms with Gasteiger partial charge in [0.1, 0.15) is 36.3 Å². The fraction of sp³-hybridized carbons (Fsp3) is 0.667. The molecule has 3 rings (SSSR count). The molecule has 1 aliphatic heterocycles. The lowest BCUT2D eigenvalue weighted by atomic mass is 9.87. The highest BCUT2D eigenvalue weighted by Gasteiger charge is 2.50. The Hall–Kier alpha value is -2.48. The second kappa shape index (κ2) is 18.4. The van der Waals surface area contributed by atoms with Gasteiger partial charge in [-0.1, -0.05) is 31.9 Å². The van der Waals surface area contributed by atoms with Crippen molar-refractivity contribution in [2.75, 3.05) is 37.8 Å². The number of nitrogens with zero attached hydrogens (tertiary/aromatic N) is 4. The van der Waals surface area contributed by atoms with Gasteiger partial charge in [-0.05, 0) is 0 Å². The van der Waals surface area contributed by atoms with Crippen LogP contribution in [0.2, 0.25) is 0 Å². The van der Waals surface area contributed by atoms with Crippen molar-refractivity contribution in [3.05, 3.63) is 12.7 Å². The van der Waals surface area contributed by atoms with Crippen molar-refractivity contribution in [2.45, 2.75) is 64.3 Å². The lowest BCUT2D eigenvalue weighted by Gasteiger charge is -2.30. The van der Waals surface area contributed by atoms with E-state index >= 15 is 0 Å². The largest absolute Gasteiger partial charge is 0.481 e. The molecule has 302 valence electrons. The van der Waals surface area contributed by atoms with Crippen LogP contribution < -0.4 is 16.4 Å². The number of ether oxygens (including phenoxy) is 1. The number of thiol groups is 1. The first-order valence-corrected chi connectivity index (χ1v) is 21.3. The highest BCUT2D eigenvalue weighted by atomic mass is 32.2. The van der Waals surface area contributed by atoms with Gasteiger partial charge in [-0.3, -0.25) is 32.5 Å². The van der Waals surface area contributed by atoms with Crippen molar-refractivity contribution >= 4 is 68.6 Å². The molecule has 0 aliphatic carbocycles. The van der Waals surface area contributed by atoms with Crippen molar-refractivity contribution in [1.82, 2.24) is 30.2 Å². The van der Waals surface area contributed by atoms with Gasteiger partial charge in [-0.25, -0.2) is 28.6 Å². The average molecular weight is 842 g/mol. The van der Waals surface area contributed by atoms with Gasteiger partial charge in [0.2, 0.25) is 11.8 Å². The summed E-state index contributed by atoms with van der Waals surface area (Å²) in [6.07, 6.45) is -6.86. The predicted molar refractivity (Wildman–Crippen MR) is 181 cm³/mol. The quantitative estimate of drug-likeness (QED) is 0.0552. The van der Waals surface area contributed by atoms with E-state index in [2.05, 4.69) is 34.4 Å². The summed E-state index contributed by atoms with van der Waals surface area (Å²) in [4.78, 5) is 86.6. The molecule has 1 fully saturated rings. The zero-order valence-electron chi connectivity index (χ0n) is 28.3. The van der Waals surface area contributed by atoms with Crippen LogP contribution in [0.5, 0.6) is 0 Å². The number of aliphatic hydroxyl groups is 2. The molecule has 4 unspecified atom stereocenters. The Morgan fingerprint density at radius 3 is 2.38 bits per heavy atom. The fourth-order valence-corrected chi connectivity index (χ4v) is 8.32. The van der Waals surface area contributed by atoms with Gasteiger partial charge < -0.3 is 55.4 Å². The van der Waals surface area contributed by atoms with E-state index in [1.807, 2.05) is 0 Å². The number of nitrogens with one attached hydrogen (secondary N) is 2. The summed E-state index contributed by atoms with van der Waals surface area (Å²) < 4.78 is 71.6. The molecule has 2 aromatic rings. The topological polar surface area (TPSA) is 384 Å². The minimum Gasteiger partial charge on any atom is -0.386 e. The van der Waals surface area contributed by atoms with E-state index in [0.717, 1.165) is 17.2 Å². The molecule has 11 N–H and O–H groups in total. The average Bonchev–Trinajstić information content (AvgIpc) is 3.62. The smallest absolute Gasteiger partial charge is 0.386 e. The van der Waals surface area contributed by atoms with Crippen LogP contribution in [-0.4, -0.2) is 127 Å². The van der Waals surface area contributed by atoms with Crippen LogP contribution in [0.4, 0.5) is 5.82 Å². The predicted octanol–water partition coefficient (Wildman–Crippen LogP) is -1.18. The van der Waals surface area contributed by atoms with Gasteiger partial charge in [0.05, 0.1) is 19.5 Å².